The molecule has 0 aliphatic carbocycles. The Bertz CT molecular complexity index is 531. The van der Waals surface area contributed by atoms with Crippen molar-refractivity contribution in [3.8, 4) is 0 Å². The first-order valence-electron chi connectivity index (χ1n) is 7.13. The molecule has 0 bridgehead atoms. The maximum absolute atomic E-state index is 14.3. The first-order chi connectivity index (χ1) is 9.71. The van der Waals surface area contributed by atoms with Crippen molar-refractivity contribution in [3.63, 3.8) is 0 Å². The van der Waals surface area contributed by atoms with E-state index in [-0.39, 0.29) is 11.4 Å². The molecule has 3 nitrogen and oxygen atoms in total. The van der Waals surface area contributed by atoms with Crippen LogP contribution in [0, 0.1) is 11.6 Å². The van der Waals surface area contributed by atoms with Gasteiger partial charge in [0.15, 0.2) is 0 Å². The van der Waals surface area contributed by atoms with Gasteiger partial charge in [0, 0.05) is 5.92 Å². The summed E-state index contributed by atoms with van der Waals surface area (Å²) in [7, 11) is -1.03. The lowest BCUT2D eigenvalue weighted by atomic mass is 9.77. The summed E-state index contributed by atoms with van der Waals surface area (Å²) in [6.45, 7) is 8.42. The van der Waals surface area contributed by atoms with Crippen LogP contribution in [0.4, 0.5) is 8.78 Å². The largest absolute Gasteiger partial charge is 0.500 e. The lowest BCUT2D eigenvalue weighted by molar-refractivity contribution is 0.00578. The van der Waals surface area contributed by atoms with Crippen LogP contribution in [0.1, 0.15) is 39.2 Å². The molecule has 0 spiro atoms. The molecule has 2 heterocycles. The molecule has 2 saturated heterocycles. The molecule has 0 N–H and O–H groups in total. The Labute approximate surface area is 123 Å². The van der Waals surface area contributed by atoms with Crippen LogP contribution in [0.3, 0.4) is 0 Å². The summed E-state index contributed by atoms with van der Waals surface area (Å²) in [5.41, 5.74) is -0.789. The lowest BCUT2D eigenvalue weighted by Crippen LogP contribution is -2.41. The number of halogens is 2. The van der Waals surface area contributed by atoms with Crippen LogP contribution in [-0.4, -0.2) is 31.5 Å². The predicted molar refractivity (Wildman–Crippen MR) is 75.6 cm³/mol. The van der Waals surface area contributed by atoms with Gasteiger partial charge in [-0.1, -0.05) is 0 Å². The minimum Gasteiger partial charge on any atom is -0.399 e. The number of benzene rings is 1. The third-order valence-electron chi connectivity index (χ3n) is 4.70. The summed E-state index contributed by atoms with van der Waals surface area (Å²) in [5.74, 6) is -1.19. The van der Waals surface area contributed by atoms with Gasteiger partial charge in [-0.05, 0) is 45.4 Å². The average Bonchev–Trinajstić information content (AvgIpc) is 2.43. The molecule has 0 radical (unpaired) electrons. The van der Waals surface area contributed by atoms with E-state index in [4.69, 9.17) is 14.0 Å². The average molecular weight is 296 g/mol. The monoisotopic (exact) mass is 296 g/mol. The summed E-state index contributed by atoms with van der Waals surface area (Å²) in [6, 6.07) is 2.72. The molecule has 21 heavy (non-hydrogen) atoms. The maximum Gasteiger partial charge on any atom is 0.500 e. The molecule has 0 amide bonds. The molecular formula is C15H19BF2O3. The summed E-state index contributed by atoms with van der Waals surface area (Å²) in [5, 5.41) is 0. The molecule has 0 aromatic heterocycles. The lowest BCUT2D eigenvalue weighted by Gasteiger charge is -2.32. The molecule has 0 saturated carbocycles. The van der Waals surface area contributed by atoms with Gasteiger partial charge in [-0.3, -0.25) is 0 Å². The Kier molecular flexibility index (Phi) is 3.39. The van der Waals surface area contributed by atoms with E-state index < -0.39 is 30.0 Å². The van der Waals surface area contributed by atoms with Gasteiger partial charge in [-0.15, -0.1) is 0 Å². The van der Waals surface area contributed by atoms with Crippen LogP contribution in [0.2, 0.25) is 0 Å². The molecule has 3 rings (SSSR count). The highest BCUT2D eigenvalue weighted by molar-refractivity contribution is 6.62. The van der Waals surface area contributed by atoms with Gasteiger partial charge in [-0.25, -0.2) is 8.78 Å². The molecule has 2 aliphatic rings. The van der Waals surface area contributed by atoms with E-state index in [0.717, 1.165) is 0 Å². The highest BCUT2D eigenvalue weighted by atomic mass is 19.1. The SMILES string of the molecule is CC1(C)OB(c2c(F)cc(C3COC3)cc2F)OC1(C)C. The number of hydrogen-bond donors (Lipinski definition) is 0. The predicted octanol–water partition coefficient (Wildman–Crippen LogP) is 2.38. The number of ether oxygens (including phenoxy) is 1. The van der Waals surface area contributed by atoms with Crippen molar-refractivity contribution in [3.05, 3.63) is 29.3 Å². The van der Waals surface area contributed by atoms with Crippen molar-refractivity contribution < 1.29 is 22.8 Å². The molecule has 114 valence electrons. The molecule has 0 atom stereocenters. The highest BCUT2D eigenvalue weighted by Gasteiger charge is 2.53. The zero-order chi connectivity index (χ0) is 15.4. The minimum atomic E-state index is -1.03. The maximum atomic E-state index is 14.3. The Hall–Kier alpha value is -0.975. The van der Waals surface area contributed by atoms with Crippen molar-refractivity contribution >= 4 is 12.6 Å². The minimum absolute atomic E-state index is 0.0707. The third kappa shape index (κ3) is 2.39. The summed E-state index contributed by atoms with van der Waals surface area (Å²) in [6.07, 6.45) is 0. The number of hydrogen-bond acceptors (Lipinski definition) is 3. The molecule has 2 aliphatic heterocycles. The van der Waals surface area contributed by atoms with Gasteiger partial charge in [0.05, 0.1) is 29.9 Å². The summed E-state index contributed by atoms with van der Waals surface area (Å²) >= 11 is 0. The molecule has 1 aromatic carbocycles. The Balaban J connectivity index is 1.93. The van der Waals surface area contributed by atoms with Gasteiger partial charge in [0.1, 0.15) is 11.6 Å². The Morgan fingerprint density at radius 2 is 1.48 bits per heavy atom. The van der Waals surface area contributed by atoms with Gasteiger partial charge in [0.25, 0.3) is 0 Å². The second kappa shape index (κ2) is 4.76. The van der Waals surface area contributed by atoms with Crippen molar-refractivity contribution in [1.82, 2.24) is 0 Å². The second-order valence-electron chi connectivity index (χ2n) is 6.72. The van der Waals surface area contributed by atoms with Crippen molar-refractivity contribution in [2.45, 2.75) is 44.8 Å². The fraction of sp³-hybridized carbons (Fsp3) is 0.600. The summed E-state index contributed by atoms with van der Waals surface area (Å²) in [4.78, 5) is 0. The quantitative estimate of drug-likeness (QED) is 0.784. The number of rotatable bonds is 2. The van der Waals surface area contributed by atoms with Crippen LogP contribution >= 0.6 is 0 Å². The van der Waals surface area contributed by atoms with Crippen LogP contribution in [0.5, 0.6) is 0 Å². The van der Waals surface area contributed by atoms with E-state index in [1.165, 1.54) is 12.1 Å². The van der Waals surface area contributed by atoms with E-state index in [1.54, 1.807) is 0 Å². The van der Waals surface area contributed by atoms with Crippen LogP contribution < -0.4 is 5.46 Å². The second-order valence-corrected chi connectivity index (χ2v) is 6.72. The molecule has 0 unspecified atom stereocenters. The zero-order valence-electron chi connectivity index (χ0n) is 12.7. The van der Waals surface area contributed by atoms with Crippen LogP contribution in [-0.2, 0) is 14.0 Å². The van der Waals surface area contributed by atoms with Gasteiger partial charge in [-0.2, -0.15) is 0 Å². The Morgan fingerprint density at radius 1 is 1.00 bits per heavy atom. The van der Waals surface area contributed by atoms with Gasteiger partial charge in [0.2, 0.25) is 0 Å². The molecule has 2 fully saturated rings. The fourth-order valence-electron chi connectivity index (χ4n) is 2.45. The van der Waals surface area contributed by atoms with Crippen molar-refractivity contribution in [1.29, 1.82) is 0 Å². The zero-order valence-corrected chi connectivity index (χ0v) is 12.7. The standard InChI is InChI=1S/C15H19BF2O3/c1-14(2)15(3,4)21-16(20-14)13-11(17)5-9(6-12(13)18)10-7-19-8-10/h5-6,10H,7-8H2,1-4H3. The van der Waals surface area contributed by atoms with Crippen LogP contribution in [0.25, 0.3) is 0 Å². The molecule has 1 aromatic rings. The normalized spacial score (nSPS) is 24.2. The van der Waals surface area contributed by atoms with E-state index >= 15 is 0 Å². The first-order valence-corrected chi connectivity index (χ1v) is 7.13. The van der Waals surface area contributed by atoms with Crippen LogP contribution in [0.15, 0.2) is 12.1 Å². The van der Waals surface area contributed by atoms with Crippen molar-refractivity contribution in [2.75, 3.05) is 13.2 Å². The first kappa shape index (κ1) is 14.9. The van der Waals surface area contributed by atoms with E-state index in [2.05, 4.69) is 0 Å². The highest BCUT2D eigenvalue weighted by Crippen LogP contribution is 2.37. The smallest absolute Gasteiger partial charge is 0.399 e. The molecular weight excluding hydrogens is 277 g/mol. The van der Waals surface area contributed by atoms with E-state index in [0.29, 0.717) is 18.8 Å². The third-order valence-corrected chi connectivity index (χ3v) is 4.70. The van der Waals surface area contributed by atoms with Crippen molar-refractivity contribution in [2.24, 2.45) is 0 Å². The fourth-order valence-corrected chi connectivity index (χ4v) is 2.45. The van der Waals surface area contributed by atoms with Gasteiger partial charge >= 0.3 is 7.12 Å². The summed E-state index contributed by atoms with van der Waals surface area (Å²) < 4.78 is 45.2. The van der Waals surface area contributed by atoms with E-state index in [9.17, 15) is 8.78 Å². The Morgan fingerprint density at radius 3 is 1.86 bits per heavy atom. The van der Waals surface area contributed by atoms with Gasteiger partial charge < -0.3 is 14.0 Å². The molecule has 6 heteroatoms. The van der Waals surface area contributed by atoms with E-state index in [1.807, 2.05) is 27.7 Å². The topological polar surface area (TPSA) is 27.7 Å².